The zero-order valence-electron chi connectivity index (χ0n) is 8.20. The zero-order chi connectivity index (χ0) is 10.8. The largest absolute Gasteiger partial charge is 0.481 e. The lowest BCUT2D eigenvalue weighted by Gasteiger charge is -2.06. The molecule has 4 heteroatoms. The van der Waals surface area contributed by atoms with Crippen LogP contribution in [0.1, 0.15) is 5.56 Å². The van der Waals surface area contributed by atoms with Crippen LogP contribution >= 0.6 is 11.6 Å². The second-order valence-corrected chi connectivity index (χ2v) is 3.37. The van der Waals surface area contributed by atoms with E-state index in [1.54, 1.807) is 31.6 Å². The number of hydrogen-bond donors (Lipinski definition) is 0. The Morgan fingerprint density at radius 1 is 1.33 bits per heavy atom. The van der Waals surface area contributed by atoms with Gasteiger partial charge in [-0.05, 0) is 6.07 Å². The molecule has 0 unspecified atom stereocenters. The number of methoxy groups -OCH3 is 1. The smallest absolute Gasteiger partial charge is 0.222 e. The second-order valence-electron chi connectivity index (χ2n) is 2.98. The number of halogens is 1. The number of pyridine rings is 2. The summed E-state index contributed by atoms with van der Waals surface area (Å²) in [7, 11) is 1.57. The molecule has 0 amide bonds. The van der Waals surface area contributed by atoms with Crippen molar-refractivity contribution in [2.45, 2.75) is 0 Å². The van der Waals surface area contributed by atoms with Crippen molar-refractivity contribution in [1.29, 1.82) is 0 Å². The van der Waals surface area contributed by atoms with Crippen LogP contribution < -0.4 is 4.74 Å². The minimum Gasteiger partial charge on any atom is -0.481 e. The number of rotatable bonds is 2. The Kier molecular flexibility index (Phi) is 2.56. The van der Waals surface area contributed by atoms with Crippen molar-refractivity contribution >= 4 is 28.4 Å². The van der Waals surface area contributed by atoms with E-state index in [9.17, 15) is 0 Å². The molecule has 0 N–H and O–H groups in total. The van der Waals surface area contributed by atoms with Gasteiger partial charge < -0.3 is 4.74 Å². The first-order valence-electron chi connectivity index (χ1n) is 4.37. The van der Waals surface area contributed by atoms with Crippen LogP contribution in [0.2, 0.25) is 5.15 Å². The molecule has 0 saturated heterocycles. The molecule has 0 aliphatic rings. The van der Waals surface area contributed by atoms with Gasteiger partial charge in [0.25, 0.3) is 0 Å². The molecule has 0 aliphatic carbocycles. The van der Waals surface area contributed by atoms with E-state index in [4.69, 9.17) is 16.3 Å². The topological polar surface area (TPSA) is 35.0 Å². The van der Waals surface area contributed by atoms with Gasteiger partial charge in [-0.1, -0.05) is 24.3 Å². The predicted molar refractivity (Wildman–Crippen MR) is 61.2 cm³/mol. The standard InChI is InChI=1S/C11H9ClN2O/c1-3-7-5-14-11(15-2)9-6-13-10(12)4-8(7)9/h3-6H,1H2,2H3. The van der Waals surface area contributed by atoms with Crippen molar-refractivity contribution in [2.75, 3.05) is 7.11 Å². The Hall–Kier alpha value is -1.61. The molecule has 0 radical (unpaired) electrons. The Bertz CT molecular complexity index is 525. The van der Waals surface area contributed by atoms with Crippen molar-refractivity contribution < 1.29 is 4.74 Å². The lowest BCUT2D eigenvalue weighted by molar-refractivity contribution is 0.403. The molecule has 0 aromatic carbocycles. The SMILES string of the molecule is C=Cc1cnc(OC)c2cnc(Cl)cc12. The molecule has 0 fully saturated rings. The molecule has 0 spiro atoms. The van der Waals surface area contributed by atoms with E-state index in [1.165, 1.54) is 0 Å². The lowest BCUT2D eigenvalue weighted by Crippen LogP contribution is -1.91. The van der Waals surface area contributed by atoms with Crippen LogP contribution in [0.15, 0.2) is 25.0 Å². The molecular formula is C11H9ClN2O. The average Bonchev–Trinajstić information content (AvgIpc) is 2.27. The summed E-state index contributed by atoms with van der Waals surface area (Å²) in [6.45, 7) is 3.72. The monoisotopic (exact) mass is 220 g/mol. The van der Waals surface area contributed by atoms with Gasteiger partial charge in [0.2, 0.25) is 5.88 Å². The van der Waals surface area contributed by atoms with Gasteiger partial charge in [-0.3, -0.25) is 0 Å². The van der Waals surface area contributed by atoms with Gasteiger partial charge >= 0.3 is 0 Å². The maximum absolute atomic E-state index is 5.84. The molecular weight excluding hydrogens is 212 g/mol. The van der Waals surface area contributed by atoms with Crippen LogP contribution in [-0.2, 0) is 0 Å². The van der Waals surface area contributed by atoms with Crippen molar-refractivity contribution in [2.24, 2.45) is 0 Å². The summed E-state index contributed by atoms with van der Waals surface area (Å²) < 4.78 is 5.14. The van der Waals surface area contributed by atoms with Crippen molar-refractivity contribution in [3.8, 4) is 5.88 Å². The Labute approximate surface area is 92.4 Å². The first-order chi connectivity index (χ1) is 7.26. The van der Waals surface area contributed by atoms with E-state index < -0.39 is 0 Å². The van der Waals surface area contributed by atoms with Gasteiger partial charge in [-0.15, -0.1) is 0 Å². The molecule has 2 rings (SSSR count). The summed E-state index contributed by atoms with van der Waals surface area (Å²) in [4.78, 5) is 8.15. The molecule has 0 saturated carbocycles. The van der Waals surface area contributed by atoms with Crippen LogP contribution in [0.5, 0.6) is 5.88 Å². The third kappa shape index (κ3) is 1.66. The molecule has 3 nitrogen and oxygen atoms in total. The maximum atomic E-state index is 5.84. The van der Waals surface area contributed by atoms with Crippen molar-refractivity contribution in [3.63, 3.8) is 0 Å². The minimum atomic E-state index is 0.443. The van der Waals surface area contributed by atoms with Crippen LogP contribution in [0.3, 0.4) is 0 Å². The van der Waals surface area contributed by atoms with Gasteiger partial charge in [0.1, 0.15) is 5.15 Å². The van der Waals surface area contributed by atoms with E-state index in [0.717, 1.165) is 16.3 Å². The molecule has 2 aromatic rings. The first-order valence-corrected chi connectivity index (χ1v) is 4.74. The molecule has 2 heterocycles. The highest BCUT2D eigenvalue weighted by molar-refractivity contribution is 6.30. The Morgan fingerprint density at radius 2 is 2.13 bits per heavy atom. The minimum absolute atomic E-state index is 0.443. The molecule has 15 heavy (non-hydrogen) atoms. The van der Waals surface area contributed by atoms with Crippen LogP contribution in [0.4, 0.5) is 0 Å². The number of nitrogens with zero attached hydrogens (tertiary/aromatic N) is 2. The van der Waals surface area contributed by atoms with Gasteiger partial charge in [-0.25, -0.2) is 9.97 Å². The average molecular weight is 221 g/mol. The summed E-state index contributed by atoms with van der Waals surface area (Å²) in [5.74, 6) is 0.541. The van der Waals surface area contributed by atoms with Gasteiger partial charge in [0, 0.05) is 23.3 Å². The molecule has 2 aromatic heterocycles. The molecule has 0 bridgehead atoms. The summed E-state index contributed by atoms with van der Waals surface area (Å²) in [5, 5.41) is 2.22. The number of ether oxygens (including phenoxy) is 1. The summed E-state index contributed by atoms with van der Waals surface area (Å²) in [6.07, 6.45) is 5.08. The van der Waals surface area contributed by atoms with E-state index in [2.05, 4.69) is 16.5 Å². The van der Waals surface area contributed by atoms with Crippen molar-refractivity contribution in [3.05, 3.63) is 35.8 Å². The summed E-state index contributed by atoms with van der Waals surface area (Å²) in [6, 6.07) is 1.78. The second kappa shape index (κ2) is 3.87. The number of aromatic nitrogens is 2. The highest BCUT2D eigenvalue weighted by atomic mass is 35.5. The van der Waals surface area contributed by atoms with Crippen LogP contribution in [0.25, 0.3) is 16.8 Å². The van der Waals surface area contributed by atoms with Crippen LogP contribution in [0, 0.1) is 0 Å². The van der Waals surface area contributed by atoms with E-state index in [1.807, 2.05) is 0 Å². The third-order valence-corrected chi connectivity index (χ3v) is 2.35. The van der Waals surface area contributed by atoms with Gasteiger partial charge in [0.05, 0.1) is 12.5 Å². The number of hydrogen-bond acceptors (Lipinski definition) is 3. The normalized spacial score (nSPS) is 10.3. The first kappa shape index (κ1) is 9.93. The summed E-state index contributed by atoms with van der Waals surface area (Å²) >= 11 is 5.84. The van der Waals surface area contributed by atoms with Gasteiger partial charge in [-0.2, -0.15) is 0 Å². The van der Waals surface area contributed by atoms with E-state index in [-0.39, 0.29) is 0 Å². The fourth-order valence-corrected chi connectivity index (χ4v) is 1.59. The fourth-order valence-electron chi connectivity index (χ4n) is 1.43. The number of fused-ring (bicyclic) bond motifs is 1. The van der Waals surface area contributed by atoms with Gasteiger partial charge in [0.15, 0.2) is 0 Å². The highest BCUT2D eigenvalue weighted by Gasteiger charge is 2.07. The Balaban J connectivity index is 2.86. The van der Waals surface area contributed by atoms with E-state index in [0.29, 0.717) is 11.0 Å². The lowest BCUT2D eigenvalue weighted by atomic mass is 10.1. The fraction of sp³-hybridized carbons (Fsp3) is 0.0909. The molecule has 76 valence electrons. The molecule has 0 aliphatic heterocycles. The third-order valence-electron chi connectivity index (χ3n) is 2.15. The zero-order valence-corrected chi connectivity index (χ0v) is 8.95. The quantitative estimate of drug-likeness (QED) is 0.730. The van der Waals surface area contributed by atoms with Crippen molar-refractivity contribution in [1.82, 2.24) is 9.97 Å². The van der Waals surface area contributed by atoms with Crippen LogP contribution in [-0.4, -0.2) is 17.1 Å². The predicted octanol–water partition coefficient (Wildman–Crippen LogP) is 2.93. The Morgan fingerprint density at radius 3 is 2.80 bits per heavy atom. The van der Waals surface area contributed by atoms with E-state index >= 15 is 0 Å². The molecule has 0 atom stereocenters. The summed E-state index contributed by atoms with van der Waals surface area (Å²) in [5.41, 5.74) is 0.912. The highest BCUT2D eigenvalue weighted by Crippen LogP contribution is 2.27. The maximum Gasteiger partial charge on any atom is 0.222 e.